The van der Waals surface area contributed by atoms with Crippen LogP contribution in [-0.4, -0.2) is 42.2 Å². The molecule has 0 spiro atoms. The summed E-state index contributed by atoms with van der Waals surface area (Å²) in [6, 6.07) is 4.95. The summed E-state index contributed by atoms with van der Waals surface area (Å²) in [5.74, 6) is 0.136. The minimum Gasteiger partial charge on any atom is -0.381 e. The lowest BCUT2D eigenvalue weighted by atomic mass is 10.1. The number of hydrogen-bond donors (Lipinski definition) is 0. The summed E-state index contributed by atoms with van der Waals surface area (Å²) in [6.45, 7) is 5.63. The second-order valence-electron chi connectivity index (χ2n) is 5.84. The molecule has 1 aliphatic heterocycles. The second-order valence-corrected chi connectivity index (χ2v) is 7.96. The van der Waals surface area contributed by atoms with Crippen molar-refractivity contribution in [1.29, 1.82) is 0 Å². The number of rotatable bonds is 10. The molecule has 0 N–H and O–H groups in total. The number of halogens is 2. The van der Waals surface area contributed by atoms with Crippen molar-refractivity contribution >= 4 is 52.4 Å². The number of ether oxygens (including phenoxy) is 1. The molecule has 26 heavy (non-hydrogen) atoms. The van der Waals surface area contributed by atoms with Crippen molar-refractivity contribution in [3.05, 3.63) is 38.7 Å². The van der Waals surface area contributed by atoms with Gasteiger partial charge in [-0.25, -0.2) is 0 Å². The molecule has 2 rings (SSSR count). The van der Waals surface area contributed by atoms with E-state index in [9.17, 15) is 9.59 Å². The van der Waals surface area contributed by atoms with Crippen molar-refractivity contribution in [2.45, 2.75) is 33.1 Å². The van der Waals surface area contributed by atoms with Crippen molar-refractivity contribution in [2.24, 2.45) is 0 Å². The first kappa shape index (κ1) is 21.3. The normalized spacial score (nSPS) is 14.7. The Balaban J connectivity index is 2.15. The number of amides is 2. The summed E-state index contributed by atoms with van der Waals surface area (Å²) in [5.41, 5.74) is 0.919. The summed E-state index contributed by atoms with van der Waals surface area (Å²) in [4.78, 5) is 27.4. The molecule has 1 aromatic carbocycles. The first-order valence-electron chi connectivity index (χ1n) is 8.77. The lowest BCUT2D eigenvalue weighted by Gasteiger charge is -2.15. The number of benzene rings is 1. The van der Waals surface area contributed by atoms with Gasteiger partial charge in [-0.2, -0.15) is 0 Å². The lowest BCUT2D eigenvalue weighted by molar-refractivity contribution is -0.136. The topological polar surface area (TPSA) is 46.6 Å². The van der Waals surface area contributed by atoms with Crippen molar-refractivity contribution in [1.82, 2.24) is 4.90 Å². The van der Waals surface area contributed by atoms with Crippen LogP contribution in [0.3, 0.4) is 0 Å². The predicted molar refractivity (Wildman–Crippen MR) is 109 cm³/mol. The van der Waals surface area contributed by atoms with Gasteiger partial charge in [0.1, 0.15) is 0 Å². The van der Waals surface area contributed by atoms with E-state index in [-0.39, 0.29) is 11.8 Å². The first-order valence-corrected chi connectivity index (χ1v) is 10.5. The first-order chi connectivity index (χ1) is 12.5. The van der Waals surface area contributed by atoms with E-state index in [4.69, 9.17) is 27.9 Å². The van der Waals surface area contributed by atoms with Crippen molar-refractivity contribution in [3.63, 3.8) is 0 Å². The van der Waals surface area contributed by atoms with Crippen molar-refractivity contribution in [2.75, 3.05) is 25.5 Å². The maximum Gasteiger partial charge on any atom is 0.267 e. The molecule has 0 bridgehead atoms. The number of imide groups is 1. The van der Waals surface area contributed by atoms with Crippen LogP contribution in [0.1, 0.15) is 38.7 Å². The maximum absolute atomic E-state index is 12.9. The third kappa shape index (κ3) is 5.03. The van der Waals surface area contributed by atoms with E-state index in [2.05, 4.69) is 6.92 Å². The van der Waals surface area contributed by atoms with Gasteiger partial charge >= 0.3 is 0 Å². The number of carbonyl (C=O) groups excluding carboxylic acids is 2. The Hall–Kier alpha value is -1.01. The van der Waals surface area contributed by atoms with Gasteiger partial charge in [-0.1, -0.05) is 49.5 Å². The van der Waals surface area contributed by atoms with Crippen molar-refractivity contribution in [3.8, 4) is 0 Å². The smallest absolute Gasteiger partial charge is 0.267 e. The van der Waals surface area contributed by atoms with Gasteiger partial charge in [0.25, 0.3) is 11.8 Å². The van der Waals surface area contributed by atoms with Crippen LogP contribution in [0.15, 0.2) is 23.1 Å². The van der Waals surface area contributed by atoms with Gasteiger partial charge in [-0.15, -0.1) is 11.8 Å². The molecule has 0 fully saturated rings. The minimum atomic E-state index is -0.302. The number of thioether (sulfide) groups is 1. The molecule has 7 heteroatoms. The number of unbranched alkanes of at least 4 members (excludes halogenated alkanes) is 1. The Morgan fingerprint density at radius 3 is 2.46 bits per heavy atom. The standard InChI is InChI=1S/C19H23Cl2NO3S/c1-3-5-10-25-11-6-9-22-18(23)16(17(19(22)24)26-4-2)14-8-7-13(20)12-15(14)21/h7-8,12H,3-6,9-11H2,1-2H3. The predicted octanol–water partition coefficient (Wildman–Crippen LogP) is 5.03. The summed E-state index contributed by atoms with van der Waals surface area (Å²) in [7, 11) is 0. The molecule has 2 amide bonds. The van der Waals surface area contributed by atoms with Crippen LogP contribution in [0.4, 0.5) is 0 Å². The monoisotopic (exact) mass is 415 g/mol. The molecule has 4 nitrogen and oxygen atoms in total. The van der Waals surface area contributed by atoms with E-state index in [1.165, 1.54) is 16.7 Å². The highest BCUT2D eigenvalue weighted by Gasteiger charge is 2.39. The molecule has 1 heterocycles. The summed E-state index contributed by atoms with van der Waals surface area (Å²) < 4.78 is 5.52. The molecule has 0 unspecified atom stereocenters. The Kier molecular flexibility index (Phi) is 8.48. The fourth-order valence-electron chi connectivity index (χ4n) is 2.64. The van der Waals surface area contributed by atoms with Gasteiger partial charge < -0.3 is 4.74 Å². The Morgan fingerprint density at radius 1 is 1.08 bits per heavy atom. The lowest BCUT2D eigenvalue weighted by Crippen LogP contribution is -2.33. The Bertz CT molecular complexity index is 706. The second kappa shape index (κ2) is 10.4. The van der Waals surface area contributed by atoms with Gasteiger partial charge in [0.15, 0.2) is 0 Å². The van der Waals surface area contributed by atoms with Gasteiger partial charge in [0, 0.05) is 30.3 Å². The van der Waals surface area contributed by atoms with E-state index in [1.54, 1.807) is 18.2 Å². The summed E-state index contributed by atoms with van der Waals surface area (Å²) in [5, 5.41) is 0.856. The fourth-order valence-corrected chi connectivity index (χ4v) is 4.01. The molecule has 1 aliphatic rings. The maximum atomic E-state index is 12.9. The number of nitrogens with zero attached hydrogens (tertiary/aromatic N) is 1. The van der Waals surface area contributed by atoms with Gasteiger partial charge in [0.05, 0.1) is 15.5 Å². The number of carbonyl (C=O) groups is 2. The van der Waals surface area contributed by atoms with E-state index < -0.39 is 0 Å². The quantitative estimate of drug-likeness (QED) is 0.396. The fraction of sp³-hybridized carbons (Fsp3) is 0.474. The highest BCUT2D eigenvalue weighted by Crippen LogP contribution is 2.39. The summed E-state index contributed by atoms with van der Waals surface area (Å²) >= 11 is 13.6. The highest BCUT2D eigenvalue weighted by molar-refractivity contribution is 8.04. The third-order valence-corrected chi connectivity index (χ3v) is 5.43. The largest absolute Gasteiger partial charge is 0.381 e. The van der Waals surface area contributed by atoms with Crippen LogP contribution in [0, 0.1) is 0 Å². The van der Waals surface area contributed by atoms with Crippen LogP contribution in [0.2, 0.25) is 10.0 Å². The zero-order valence-electron chi connectivity index (χ0n) is 15.0. The zero-order valence-corrected chi connectivity index (χ0v) is 17.3. The van der Waals surface area contributed by atoms with E-state index in [0.29, 0.717) is 58.0 Å². The molecule has 0 saturated carbocycles. The van der Waals surface area contributed by atoms with Gasteiger partial charge in [-0.05, 0) is 30.7 Å². The molecule has 142 valence electrons. The zero-order chi connectivity index (χ0) is 19.1. The molecular formula is C19H23Cl2NO3S. The molecule has 0 atom stereocenters. The molecule has 0 aromatic heterocycles. The van der Waals surface area contributed by atoms with Gasteiger partial charge in [-0.3, -0.25) is 14.5 Å². The average molecular weight is 416 g/mol. The molecular weight excluding hydrogens is 393 g/mol. The minimum absolute atomic E-state index is 0.253. The van der Waals surface area contributed by atoms with E-state index in [1.807, 2.05) is 6.92 Å². The van der Waals surface area contributed by atoms with Crippen molar-refractivity contribution < 1.29 is 14.3 Å². The van der Waals surface area contributed by atoms with Crippen LogP contribution in [0.25, 0.3) is 5.57 Å². The molecule has 0 saturated heterocycles. The molecule has 0 radical (unpaired) electrons. The van der Waals surface area contributed by atoms with E-state index in [0.717, 1.165) is 12.8 Å². The molecule has 1 aromatic rings. The van der Waals surface area contributed by atoms with E-state index >= 15 is 0 Å². The van der Waals surface area contributed by atoms with Crippen LogP contribution < -0.4 is 0 Å². The molecule has 0 aliphatic carbocycles. The van der Waals surface area contributed by atoms with Crippen LogP contribution in [0.5, 0.6) is 0 Å². The third-order valence-electron chi connectivity index (χ3n) is 3.93. The van der Waals surface area contributed by atoms with Crippen LogP contribution >= 0.6 is 35.0 Å². The van der Waals surface area contributed by atoms with Gasteiger partial charge in [0.2, 0.25) is 0 Å². The average Bonchev–Trinajstić information content (AvgIpc) is 2.83. The Labute approximate surface area is 168 Å². The van der Waals surface area contributed by atoms with Crippen LogP contribution in [-0.2, 0) is 14.3 Å². The number of hydrogen-bond acceptors (Lipinski definition) is 4. The SMILES string of the molecule is CCCCOCCCN1C(=O)C(SCC)=C(c2ccc(Cl)cc2Cl)C1=O. The Morgan fingerprint density at radius 2 is 1.81 bits per heavy atom. The highest BCUT2D eigenvalue weighted by atomic mass is 35.5. The summed E-state index contributed by atoms with van der Waals surface area (Å²) in [6.07, 6.45) is 2.71.